The summed E-state index contributed by atoms with van der Waals surface area (Å²) in [6.07, 6.45) is 0.314. The van der Waals surface area contributed by atoms with Crippen LogP contribution in [0.1, 0.15) is 31.9 Å². The summed E-state index contributed by atoms with van der Waals surface area (Å²) in [5, 5.41) is 0. The van der Waals surface area contributed by atoms with E-state index in [0.29, 0.717) is 12.7 Å². The Bertz CT molecular complexity index is 373. The number of rotatable bonds is 3. The third-order valence-corrected chi connectivity index (χ3v) is 2.77. The topological polar surface area (TPSA) is 21.8 Å². The monoisotopic (exact) mass is 220 g/mol. The smallest absolute Gasteiger partial charge is 0.123 e. The van der Waals surface area contributed by atoms with E-state index < -0.39 is 0 Å². The van der Waals surface area contributed by atoms with Gasteiger partial charge in [0.15, 0.2) is 0 Å². The molecule has 0 amide bonds. The molecule has 1 heterocycles. The van der Waals surface area contributed by atoms with Crippen LogP contribution in [-0.4, -0.2) is 19.3 Å². The van der Waals surface area contributed by atoms with Crippen LogP contribution in [0.15, 0.2) is 18.2 Å². The Kier molecular flexibility index (Phi) is 2.94. The Morgan fingerprint density at radius 1 is 1.38 bits per heavy atom. The molecule has 1 atom stereocenters. The van der Waals surface area contributed by atoms with E-state index in [1.54, 1.807) is 0 Å². The van der Waals surface area contributed by atoms with Crippen LogP contribution in [0.25, 0.3) is 0 Å². The van der Waals surface area contributed by atoms with Gasteiger partial charge in [0.25, 0.3) is 0 Å². The first-order valence-corrected chi connectivity index (χ1v) is 5.82. The largest absolute Gasteiger partial charge is 0.490 e. The van der Waals surface area contributed by atoms with Gasteiger partial charge in [0.05, 0.1) is 6.61 Å². The van der Waals surface area contributed by atoms with E-state index in [-0.39, 0.29) is 5.41 Å². The van der Waals surface area contributed by atoms with E-state index in [0.717, 1.165) is 12.4 Å². The molecule has 1 aromatic rings. The van der Waals surface area contributed by atoms with E-state index in [2.05, 4.69) is 45.9 Å². The molecule has 1 saturated heterocycles. The third-order valence-electron chi connectivity index (χ3n) is 2.77. The molecule has 0 radical (unpaired) electrons. The van der Waals surface area contributed by atoms with E-state index in [1.165, 1.54) is 11.1 Å². The van der Waals surface area contributed by atoms with Crippen LogP contribution in [0.2, 0.25) is 0 Å². The maximum absolute atomic E-state index is 5.82. The fourth-order valence-corrected chi connectivity index (χ4v) is 1.70. The van der Waals surface area contributed by atoms with Gasteiger partial charge in [-0.25, -0.2) is 0 Å². The highest BCUT2D eigenvalue weighted by Gasteiger charge is 2.25. The number of epoxide rings is 1. The molecule has 1 aliphatic heterocycles. The molecule has 0 saturated carbocycles. The normalized spacial score (nSPS) is 19.6. The van der Waals surface area contributed by atoms with Crippen molar-refractivity contribution in [1.82, 2.24) is 0 Å². The van der Waals surface area contributed by atoms with Gasteiger partial charge in [-0.2, -0.15) is 0 Å². The van der Waals surface area contributed by atoms with Gasteiger partial charge >= 0.3 is 0 Å². The van der Waals surface area contributed by atoms with Crippen molar-refractivity contribution in [3.8, 4) is 5.75 Å². The zero-order valence-corrected chi connectivity index (χ0v) is 10.5. The molecule has 0 aliphatic carbocycles. The summed E-state index contributed by atoms with van der Waals surface area (Å²) < 4.78 is 11.0. The molecule has 2 rings (SSSR count). The second-order valence-corrected chi connectivity index (χ2v) is 5.52. The zero-order chi connectivity index (χ0) is 11.8. The molecule has 1 aromatic carbocycles. The summed E-state index contributed by atoms with van der Waals surface area (Å²) in [6.45, 7) is 10.3. The fraction of sp³-hybridized carbons (Fsp3) is 0.571. The van der Waals surface area contributed by atoms with Crippen molar-refractivity contribution in [1.29, 1.82) is 0 Å². The summed E-state index contributed by atoms with van der Waals surface area (Å²) in [5.41, 5.74) is 2.67. The van der Waals surface area contributed by atoms with Crippen molar-refractivity contribution in [2.45, 2.75) is 39.2 Å². The Hall–Kier alpha value is -1.02. The Balaban J connectivity index is 2.20. The van der Waals surface area contributed by atoms with E-state index in [9.17, 15) is 0 Å². The first-order chi connectivity index (χ1) is 7.47. The van der Waals surface area contributed by atoms with Crippen LogP contribution >= 0.6 is 0 Å². The standard InChI is InChI=1S/C14H20O2/c1-10-5-6-13(16-9-11-8-15-11)12(7-10)14(2,3)4/h5-7,11H,8-9H2,1-4H3. The number of ether oxygens (including phenoxy) is 2. The third kappa shape index (κ3) is 2.76. The number of hydrogen-bond donors (Lipinski definition) is 0. The molecule has 0 aromatic heterocycles. The van der Waals surface area contributed by atoms with E-state index >= 15 is 0 Å². The summed E-state index contributed by atoms with van der Waals surface area (Å²) in [5.74, 6) is 0.994. The number of aryl methyl sites for hydroxylation is 1. The minimum absolute atomic E-state index is 0.117. The lowest BCUT2D eigenvalue weighted by Crippen LogP contribution is -2.15. The van der Waals surface area contributed by atoms with Crippen LogP contribution in [0, 0.1) is 6.92 Å². The average molecular weight is 220 g/mol. The summed E-state index contributed by atoms with van der Waals surface area (Å²) in [4.78, 5) is 0. The van der Waals surface area contributed by atoms with Gasteiger partial charge in [-0.3, -0.25) is 0 Å². The Labute approximate surface area is 97.6 Å². The minimum atomic E-state index is 0.117. The Morgan fingerprint density at radius 3 is 2.62 bits per heavy atom. The molecule has 2 heteroatoms. The van der Waals surface area contributed by atoms with Crippen LogP contribution in [0.3, 0.4) is 0 Å². The molecular formula is C14H20O2. The Morgan fingerprint density at radius 2 is 2.06 bits per heavy atom. The molecule has 2 nitrogen and oxygen atoms in total. The predicted octanol–water partition coefficient (Wildman–Crippen LogP) is 3.07. The SMILES string of the molecule is Cc1ccc(OCC2CO2)c(C(C)(C)C)c1. The number of benzene rings is 1. The average Bonchev–Trinajstić information content (AvgIpc) is 2.98. The fourth-order valence-electron chi connectivity index (χ4n) is 1.70. The van der Waals surface area contributed by atoms with Gasteiger partial charge in [-0.15, -0.1) is 0 Å². The van der Waals surface area contributed by atoms with Crippen molar-refractivity contribution in [2.24, 2.45) is 0 Å². The molecule has 0 bridgehead atoms. The molecule has 1 unspecified atom stereocenters. The van der Waals surface area contributed by atoms with Crippen LogP contribution in [0.4, 0.5) is 0 Å². The molecule has 0 N–H and O–H groups in total. The second kappa shape index (κ2) is 4.10. The van der Waals surface area contributed by atoms with E-state index in [4.69, 9.17) is 9.47 Å². The highest BCUT2D eigenvalue weighted by molar-refractivity contribution is 5.41. The maximum atomic E-state index is 5.82. The molecule has 1 fully saturated rings. The first kappa shape index (κ1) is 11.5. The first-order valence-electron chi connectivity index (χ1n) is 5.82. The van der Waals surface area contributed by atoms with Crippen molar-refractivity contribution >= 4 is 0 Å². The van der Waals surface area contributed by atoms with Crippen molar-refractivity contribution in [3.63, 3.8) is 0 Å². The molecular weight excluding hydrogens is 200 g/mol. The summed E-state index contributed by atoms with van der Waals surface area (Å²) >= 11 is 0. The predicted molar refractivity (Wildman–Crippen MR) is 65.1 cm³/mol. The quantitative estimate of drug-likeness (QED) is 0.730. The highest BCUT2D eigenvalue weighted by atomic mass is 16.6. The van der Waals surface area contributed by atoms with Crippen LogP contribution in [-0.2, 0) is 10.2 Å². The summed E-state index contributed by atoms with van der Waals surface area (Å²) in [7, 11) is 0. The van der Waals surface area contributed by atoms with Crippen molar-refractivity contribution < 1.29 is 9.47 Å². The highest BCUT2D eigenvalue weighted by Crippen LogP contribution is 2.32. The van der Waals surface area contributed by atoms with Gasteiger partial charge in [-0.1, -0.05) is 38.5 Å². The minimum Gasteiger partial charge on any atom is -0.490 e. The van der Waals surface area contributed by atoms with Gasteiger partial charge in [0.1, 0.15) is 18.5 Å². The molecule has 88 valence electrons. The molecule has 16 heavy (non-hydrogen) atoms. The van der Waals surface area contributed by atoms with Gasteiger partial charge in [-0.05, 0) is 24.0 Å². The van der Waals surface area contributed by atoms with Gasteiger partial charge in [0, 0.05) is 0 Å². The van der Waals surface area contributed by atoms with Crippen LogP contribution in [0.5, 0.6) is 5.75 Å². The van der Waals surface area contributed by atoms with Crippen LogP contribution < -0.4 is 4.74 Å². The van der Waals surface area contributed by atoms with E-state index in [1.807, 2.05) is 0 Å². The lowest BCUT2D eigenvalue weighted by Gasteiger charge is -2.23. The number of hydrogen-bond acceptors (Lipinski definition) is 2. The van der Waals surface area contributed by atoms with Crippen molar-refractivity contribution in [2.75, 3.05) is 13.2 Å². The second-order valence-electron chi connectivity index (χ2n) is 5.52. The lowest BCUT2D eigenvalue weighted by molar-refractivity contribution is 0.258. The molecule has 1 aliphatic rings. The molecule has 0 spiro atoms. The van der Waals surface area contributed by atoms with Gasteiger partial charge in [0.2, 0.25) is 0 Å². The zero-order valence-electron chi connectivity index (χ0n) is 10.5. The van der Waals surface area contributed by atoms with Crippen molar-refractivity contribution in [3.05, 3.63) is 29.3 Å². The lowest BCUT2D eigenvalue weighted by atomic mass is 9.85. The summed E-state index contributed by atoms with van der Waals surface area (Å²) in [6, 6.07) is 6.37. The van der Waals surface area contributed by atoms with Gasteiger partial charge < -0.3 is 9.47 Å². The maximum Gasteiger partial charge on any atom is 0.123 e.